The zero-order chi connectivity index (χ0) is 44.2. The Morgan fingerprint density at radius 2 is 0.917 bits per heavy atom. The van der Waals surface area contributed by atoms with Crippen molar-refractivity contribution < 1.29 is 47.8 Å². The van der Waals surface area contributed by atoms with E-state index < -0.39 is 57.6 Å². The van der Waals surface area contributed by atoms with Gasteiger partial charge in [0, 0.05) is 12.8 Å². The number of nitrogens with one attached hydrogen (secondary N) is 1. The zero-order valence-electron chi connectivity index (χ0n) is 36.7. The highest BCUT2D eigenvalue weighted by molar-refractivity contribution is 7.47. The number of aliphatic carboxylic acids is 1. The van der Waals surface area contributed by atoms with Crippen LogP contribution in [0.2, 0.25) is 0 Å². The van der Waals surface area contributed by atoms with Gasteiger partial charge in [-0.1, -0.05) is 150 Å². The third-order valence-corrected chi connectivity index (χ3v) is 9.82. The Morgan fingerprint density at radius 3 is 1.38 bits per heavy atom. The number of rotatable bonds is 40. The summed E-state index contributed by atoms with van der Waals surface area (Å²) in [4.78, 5) is 46.0. The molecular formula is C48H78NO10P. The molecule has 0 aliphatic carbocycles. The summed E-state index contributed by atoms with van der Waals surface area (Å²) in [7, 11) is -4.78. The minimum absolute atomic E-state index is 0.126. The second-order valence-electron chi connectivity index (χ2n) is 14.5. The van der Waals surface area contributed by atoms with Gasteiger partial charge in [-0.3, -0.25) is 18.6 Å². The minimum Gasteiger partial charge on any atom is -0.480 e. The molecule has 0 aliphatic rings. The Morgan fingerprint density at radius 1 is 0.533 bits per heavy atom. The van der Waals surface area contributed by atoms with Crippen molar-refractivity contribution in [3.05, 3.63) is 97.2 Å². The zero-order valence-corrected chi connectivity index (χ0v) is 37.6. The number of ether oxygens (including phenoxy) is 1. The lowest BCUT2D eigenvalue weighted by molar-refractivity contribution is -0.147. The fourth-order valence-corrected chi connectivity index (χ4v) is 6.24. The van der Waals surface area contributed by atoms with Gasteiger partial charge in [0.05, 0.1) is 13.2 Å². The third-order valence-electron chi connectivity index (χ3n) is 8.87. The molecule has 4 N–H and O–H groups in total. The number of aliphatic hydroxyl groups excluding tert-OH is 1. The maximum absolute atomic E-state index is 12.3. The van der Waals surface area contributed by atoms with Crippen molar-refractivity contribution in [2.45, 2.75) is 167 Å². The van der Waals surface area contributed by atoms with Crippen molar-refractivity contribution >= 4 is 25.7 Å². The molecule has 0 radical (unpaired) electrons. The molecule has 340 valence electrons. The van der Waals surface area contributed by atoms with Gasteiger partial charge in [0.25, 0.3) is 0 Å². The molecule has 0 aliphatic heterocycles. The number of carboxylic acid groups (broad SMARTS) is 1. The van der Waals surface area contributed by atoms with Gasteiger partial charge in [-0.05, 0) is 89.9 Å². The number of phosphoric ester groups is 1. The summed E-state index contributed by atoms with van der Waals surface area (Å²) < 4.78 is 26.8. The fourth-order valence-electron chi connectivity index (χ4n) is 5.47. The summed E-state index contributed by atoms with van der Waals surface area (Å²) in [5.41, 5.74) is 0. The highest BCUT2D eigenvalue weighted by Crippen LogP contribution is 2.43. The molecule has 1 amide bonds. The minimum atomic E-state index is -4.78. The average molecular weight is 860 g/mol. The highest BCUT2D eigenvalue weighted by Gasteiger charge is 2.28. The number of phosphoric acid groups is 1. The van der Waals surface area contributed by atoms with Crippen LogP contribution in [0.25, 0.3) is 0 Å². The first-order chi connectivity index (χ1) is 29.1. The Bertz CT molecular complexity index is 1380. The van der Waals surface area contributed by atoms with E-state index in [1.54, 1.807) is 0 Å². The maximum Gasteiger partial charge on any atom is 0.472 e. The lowest BCUT2D eigenvalue weighted by Crippen LogP contribution is -2.43. The monoisotopic (exact) mass is 860 g/mol. The van der Waals surface area contributed by atoms with E-state index in [9.17, 15) is 34.1 Å². The van der Waals surface area contributed by atoms with Crippen LogP contribution in [-0.2, 0) is 32.7 Å². The molecule has 0 aromatic heterocycles. The van der Waals surface area contributed by atoms with E-state index in [4.69, 9.17) is 13.8 Å². The van der Waals surface area contributed by atoms with Gasteiger partial charge in [-0.25, -0.2) is 9.36 Å². The van der Waals surface area contributed by atoms with E-state index in [1.165, 1.54) is 0 Å². The summed E-state index contributed by atoms with van der Waals surface area (Å²) in [5.74, 6) is -2.44. The van der Waals surface area contributed by atoms with Crippen LogP contribution in [-0.4, -0.2) is 64.9 Å². The van der Waals surface area contributed by atoms with Gasteiger partial charge >= 0.3 is 19.8 Å². The molecule has 11 nitrogen and oxygen atoms in total. The van der Waals surface area contributed by atoms with Crippen molar-refractivity contribution in [2.24, 2.45) is 0 Å². The maximum atomic E-state index is 12.3. The van der Waals surface area contributed by atoms with E-state index in [0.29, 0.717) is 12.8 Å². The Kier molecular flexibility index (Phi) is 39.6. The average Bonchev–Trinajstić information content (AvgIpc) is 3.22. The SMILES string of the molecule is CC/C=C\C/C=C\C/C=C\C/C=C\C/C=C\CCCCCC(=O)OCC(O)COP(=O)(O)OCC(NC(=O)CCCCCCCCC/C=C\C/C=C\C/C=C\CC)C(=O)O. The van der Waals surface area contributed by atoms with Gasteiger partial charge in [0.2, 0.25) is 5.91 Å². The van der Waals surface area contributed by atoms with E-state index in [0.717, 1.165) is 116 Å². The van der Waals surface area contributed by atoms with E-state index in [2.05, 4.69) is 116 Å². The summed E-state index contributed by atoms with van der Waals surface area (Å²) in [6, 6.07) is -1.56. The third kappa shape index (κ3) is 41.1. The number of carboxylic acids is 1. The highest BCUT2D eigenvalue weighted by atomic mass is 31.2. The van der Waals surface area contributed by atoms with Crippen LogP contribution in [0.3, 0.4) is 0 Å². The molecule has 12 heteroatoms. The van der Waals surface area contributed by atoms with Crippen molar-refractivity contribution in [2.75, 3.05) is 19.8 Å². The number of allylic oxidation sites excluding steroid dienone is 16. The van der Waals surface area contributed by atoms with Gasteiger partial charge in [0.15, 0.2) is 6.04 Å². The molecule has 3 unspecified atom stereocenters. The molecule has 0 bridgehead atoms. The molecule has 0 aromatic carbocycles. The number of hydrogen-bond donors (Lipinski definition) is 4. The summed E-state index contributed by atoms with van der Waals surface area (Å²) >= 11 is 0. The molecule has 0 aromatic rings. The lowest BCUT2D eigenvalue weighted by atomic mass is 10.1. The van der Waals surface area contributed by atoms with Gasteiger partial charge in [0.1, 0.15) is 12.7 Å². The number of amides is 1. The Labute approximate surface area is 362 Å². The smallest absolute Gasteiger partial charge is 0.472 e. The second kappa shape index (κ2) is 42.1. The topological polar surface area (TPSA) is 169 Å². The van der Waals surface area contributed by atoms with Crippen LogP contribution in [0.5, 0.6) is 0 Å². The molecule has 0 saturated carbocycles. The van der Waals surface area contributed by atoms with Crippen molar-refractivity contribution in [3.8, 4) is 0 Å². The quantitative estimate of drug-likeness (QED) is 0.0201. The molecular weight excluding hydrogens is 781 g/mol. The Balaban J connectivity index is 3.98. The van der Waals surface area contributed by atoms with Gasteiger partial charge < -0.3 is 25.2 Å². The first-order valence-electron chi connectivity index (χ1n) is 22.3. The number of carbonyl (C=O) groups excluding carboxylic acids is 2. The standard InChI is InChI=1S/C48H78NO10P/c1-3-5-7-9-11-13-15-17-19-21-22-24-26-28-30-32-34-36-38-40-47(52)57-41-44(50)42-58-60(55,56)59-43-45(48(53)54)49-46(51)39-37-35-33-31-29-27-25-23-20-18-16-14-12-10-8-6-4-2/h5-8,11-14,17-20,22,24,28,30,44-45,50H,3-4,9-10,15-16,21,23,25-27,29,31-43H2,1-2H3,(H,49,51)(H,53,54)(H,55,56)/b7-5-,8-6-,13-11-,14-12-,19-17-,20-18-,24-22-,30-28-. The molecule has 0 fully saturated rings. The molecule has 60 heavy (non-hydrogen) atoms. The first kappa shape index (κ1) is 56.4. The summed E-state index contributed by atoms with van der Waals surface area (Å²) in [6.45, 7) is 2.31. The van der Waals surface area contributed by atoms with Crippen LogP contribution in [0.1, 0.15) is 155 Å². The summed E-state index contributed by atoms with van der Waals surface area (Å²) in [5, 5.41) is 21.8. The predicted octanol–water partition coefficient (Wildman–Crippen LogP) is 11.7. The normalized spacial score (nSPS) is 14.6. The lowest BCUT2D eigenvalue weighted by Gasteiger charge is -2.18. The number of aliphatic hydroxyl groups is 1. The van der Waals surface area contributed by atoms with Crippen molar-refractivity contribution in [1.82, 2.24) is 5.32 Å². The van der Waals surface area contributed by atoms with Crippen LogP contribution in [0.4, 0.5) is 0 Å². The van der Waals surface area contributed by atoms with E-state index in [-0.39, 0.29) is 12.8 Å². The largest absolute Gasteiger partial charge is 0.480 e. The fraction of sp³-hybridized carbons (Fsp3) is 0.604. The van der Waals surface area contributed by atoms with Gasteiger partial charge in [-0.2, -0.15) is 0 Å². The second-order valence-corrected chi connectivity index (χ2v) is 15.9. The molecule has 0 rings (SSSR count). The predicted molar refractivity (Wildman–Crippen MR) is 244 cm³/mol. The molecule has 0 heterocycles. The molecule has 0 spiro atoms. The Hall–Kier alpha value is -3.60. The van der Waals surface area contributed by atoms with Crippen LogP contribution in [0.15, 0.2) is 97.2 Å². The number of hydrogen-bond acceptors (Lipinski definition) is 8. The summed E-state index contributed by atoms with van der Waals surface area (Å²) in [6.07, 6.45) is 52.8. The molecule has 0 saturated heterocycles. The van der Waals surface area contributed by atoms with Crippen molar-refractivity contribution in [3.63, 3.8) is 0 Å². The van der Waals surface area contributed by atoms with Crippen LogP contribution < -0.4 is 5.32 Å². The van der Waals surface area contributed by atoms with E-state index in [1.807, 2.05) is 0 Å². The van der Waals surface area contributed by atoms with Crippen LogP contribution >= 0.6 is 7.82 Å². The number of unbranched alkanes of at least 4 members (excludes halogenated alkanes) is 10. The van der Waals surface area contributed by atoms with Gasteiger partial charge in [-0.15, -0.1) is 0 Å². The number of esters is 1. The first-order valence-corrected chi connectivity index (χ1v) is 23.8. The van der Waals surface area contributed by atoms with Crippen molar-refractivity contribution in [1.29, 1.82) is 0 Å². The van der Waals surface area contributed by atoms with E-state index >= 15 is 0 Å². The number of carbonyl (C=O) groups is 3. The van der Waals surface area contributed by atoms with Crippen LogP contribution in [0, 0.1) is 0 Å². The molecule has 3 atom stereocenters.